The van der Waals surface area contributed by atoms with E-state index in [9.17, 15) is 22.0 Å². The standard InChI is InChI=1S/C3HBr2F5/c4-1(6)2(7,8)3(5,9)10/h1H. The third-order valence-electron chi connectivity index (χ3n) is 0.652. The summed E-state index contributed by atoms with van der Waals surface area (Å²) in [5, 5.41) is -3.06. The Morgan fingerprint density at radius 3 is 1.40 bits per heavy atom. The molecule has 0 aromatic rings. The van der Waals surface area contributed by atoms with Gasteiger partial charge in [-0.15, -0.1) is 0 Å². The molecule has 1 atom stereocenters. The first-order valence-electron chi connectivity index (χ1n) is 1.92. The molecule has 0 amide bonds. The summed E-state index contributed by atoms with van der Waals surface area (Å²) < 4.78 is 58.6. The molecule has 0 fully saturated rings. The van der Waals surface area contributed by atoms with Crippen LogP contribution < -0.4 is 0 Å². The minimum atomic E-state index is -4.73. The summed E-state index contributed by atoms with van der Waals surface area (Å²) in [7, 11) is 0. The summed E-state index contributed by atoms with van der Waals surface area (Å²) in [6, 6.07) is 0. The van der Waals surface area contributed by atoms with Crippen molar-refractivity contribution in [1.82, 2.24) is 0 Å². The highest BCUT2D eigenvalue weighted by atomic mass is 79.9. The van der Waals surface area contributed by atoms with E-state index in [0.717, 1.165) is 0 Å². The number of halogens is 7. The lowest BCUT2D eigenvalue weighted by atomic mass is 10.4. The van der Waals surface area contributed by atoms with Crippen LogP contribution in [0.5, 0.6) is 0 Å². The van der Waals surface area contributed by atoms with Crippen LogP contribution in [0, 0.1) is 0 Å². The Hall–Kier alpha value is 0.610. The first-order valence-corrected chi connectivity index (χ1v) is 3.63. The van der Waals surface area contributed by atoms with Gasteiger partial charge < -0.3 is 0 Å². The van der Waals surface area contributed by atoms with Gasteiger partial charge in [0.05, 0.1) is 0 Å². The van der Waals surface area contributed by atoms with Gasteiger partial charge in [-0.2, -0.15) is 17.6 Å². The quantitative estimate of drug-likeness (QED) is 0.541. The van der Waals surface area contributed by atoms with Crippen molar-refractivity contribution in [3.8, 4) is 0 Å². The molecule has 0 aliphatic heterocycles. The Kier molecular flexibility index (Phi) is 3.10. The maximum atomic E-state index is 11.8. The number of hydrogen-bond acceptors (Lipinski definition) is 0. The van der Waals surface area contributed by atoms with Gasteiger partial charge in [-0.1, -0.05) is 0 Å². The maximum absolute atomic E-state index is 11.8. The van der Waals surface area contributed by atoms with Crippen molar-refractivity contribution in [2.24, 2.45) is 0 Å². The fourth-order valence-corrected chi connectivity index (χ4v) is 0.919. The Balaban J connectivity index is 4.40. The normalized spacial score (nSPS) is 17.1. The monoisotopic (exact) mass is 290 g/mol. The minimum Gasteiger partial charge on any atom is -0.228 e. The molecule has 1 unspecified atom stereocenters. The van der Waals surface area contributed by atoms with Crippen molar-refractivity contribution in [3.05, 3.63) is 0 Å². The minimum absolute atomic E-state index is 1.35. The molecule has 0 saturated heterocycles. The van der Waals surface area contributed by atoms with Crippen LogP contribution in [-0.2, 0) is 0 Å². The Bertz CT molecular complexity index is 117. The summed E-state index contributed by atoms with van der Waals surface area (Å²) in [5.41, 5.74) is 0. The van der Waals surface area contributed by atoms with E-state index in [-0.39, 0.29) is 0 Å². The molecule has 0 saturated carbocycles. The van der Waals surface area contributed by atoms with Crippen LogP contribution in [0.15, 0.2) is 0 Å². The van der Waals surface area contributed by atoms with Crippen molar-refractivity contribution in [1.29, 1.82) is 0 Å². The molecule has 0 aliphatic carbocycles. The molecule has 0 spiro atoms. The first kappa shape index (κ1) is 10.6. The lowest BCUT2D eigenvalue weighted by Crippen LogP contribution is -2.40. The van der Waals surface area contributed by atoms with E-state index in [4.69, 9.17) is 0 Å². The van der Waals surface area contributed by atoms with Crippen LogP contribution in [0.2, 0.25) is 0 Å². The lowest BCUT2D eigenvalue weighted by molar-refractivity contribution is -0.163. The van der Waals surface area contributed by atoms with Gasteiger partial charge in [0.15, 0.2) is 0 Å². The number of rotatable bonds is 2. The highest BCUT2D eigenvalue weighted by molar-refractivity contribution is 9.10. The summed E-state index contributed by atoms with van der Waals surface area (Å²) in [6.07, 6.45) is 0. The zero-order valence-corrected chi connectivity index (χ0v) is 7.40. The highest BCUT2D eigenvalue weighted by Crippen LogP contribution is 2.44. The second kappa shape index (κ2) is 2.92. The van der Waals surface area contributed by atoms with Gasteiger partial charge in [-0.3, -0.25) is 0 Å². The molecule has 0 aromatic carbocycles. The van der Waals surface area contributed by atoms with E-state index in [2.05, 4.69) is 0 Å². The molecular weight excluding hydrogens is 291 g/mol. The molecule has 0 nitrogen and oxygen atoms in total. The molecule has 0 rings (SSSR count). The van der Waals surface area contributed by atoms with Gasteiger partial charge in [0.1, 0.15) is 0 Å². The molecular formula is C3HBr2F5. The van der Waals surface area contributed by atoms with Crippen molar-refractivity contribution in [2.45, 2.75) is 15.8 Å². The highest BCUT2D eigenvalue weighted by Gasteiger charge is 2.59. The summed E-state index contributed by atoms with van der Waals surface area (Å²) in [6.45, 7) is 0. The number of hydrogen-bond donors (Lipinski definition) is 0. The smallest absolute Gasteiger partial charge is 0.228 e. The average molecular weight is 292 g/mol. The zero-order valence-electron chi connectivity index (χ0n) is 4.22. The molecule has 0 aromatic heterocycles. The first-order chi connectivity index (χ1) is 4.19. The molecule has 0 bridgehead atoms. The summed E-state index contributed by atoms with van der Waals surface area (Å²) >= 11 is 3.05. The predicted molar refractivity (Wildman–Crippen MR) is 32.6 cm³/mol. The van der Waals surface area contributed by atoms with E-state index in [1.54, 1.807) is 15.9 Å². The molecule has 7 heteroatoms. The maximum Gasteiger partial charge on any atom is 0.367 e. The Morgan fingerprint density at radius 2 is 1.40 bits per heavy atom. The van der Waals surface area contributed by atoms with Crippen molar-refractivity contribution < 1.29 is 22.0 Å². The van der Waals surface area contributed by atoms with Crippen molar-refractivity contribution >= 4 is 31.9 Å². The average Bonchev–Trinajstić information content (AvgIpc) is 1.62. The summed E-state index contributed by atoms with van der Waals surface area (Å²) in [5.74, 6) is -4.73. The largest absolute Gasteiger partial charge is 0.367 e. The van der Waals surface area contributed by atoms with Crippen LogP contribution in [-0.4, -0.2) is 15.8 Å². The third-order valence-corrected chi connectivity index (χ3v) is 1.76. The van der Waals surface area contributed by atoms with Crippen LogP contribution >= 0.6 is 31.9 Å². The van der Waals surface area contributed by atoms with Gasteiger partial charge in [0.2, 0.25) is 5.08 Å². The van der Waals surface area contributed by atoms with E-state index in [1.165, 1.54) is 15.9 Å². The Labute approximate surface area is 70.0 Å². The van der Waals surface area contributed by atoms with E-state index >= 15 is 0 Å². The molecule has 0 heterocycles. The third kappa shape index (κ3) is 2.05. The Morgan fingerprint density at radius 1 is 1.10 bits per heavy atom. The molecule has 0 N–H and O–H groups in total. The molecule has 0 aliphatic rings. The van der Waals surface area contributed by atoms with Gasteiger partial charge in [-0.25, -0.2) is 4.39 Å². The van der Waals surface area contributed by atoms with E-state index in [0.29, 0.717) is 0 Å². The van der Waals surface area contributed by atoms with Crippen molar-refractivity contribution in [3.63, 3.8) is 0 Å². The van der Waals surface area contributed by atoms with Crippen LogP contribution in [0.4, 0.5) is 22.0 Å². The van der Waals surface area contributed by atoms with Gasteiger partial charge in [-0.05, 0) is 31.9 Å². The SMILES string of the molecule is FC(Br)C(F)(F)C(F)(F)Br. The van der Waals surface area contributed by atoms with Crippen LogP contribution in [0.1, 0.15) is 0 Å². The van der Waals surface area contributed by atoms with Crippen LogP contribution in [0.3, 0.4) is 0 Å². The lowest BCUT2D eigenvalue weighted by Gasteiger charge is -2.20. The predicted octanol–water partition coefficient (Wildman–Crippen LogP) is 3.30. The van der Waals surface area contributed by atoms with Crippen LogP contribution in [0.25, 0.3) is 0 Å². The van der Waals surface area contributed by atoms with Gasteiger partial charge >= 0.3 is 10.8 Å². The van der Waals surface area contributed by atoms with Gasteiger partial charge in [0.25, 0.3) is 0 Å². The fourth-order valence-electron chi connectivity index (χ4n) is 0.124. The second-order valence-electron chi connectivity index (χ2n) is 1.42. The fraction of sp³-hybridized carbons (Fsp3) is 1.00. The summed E-state index contributed by atoms with van der Waals surface area (Å²) in [4.78, 5) is -4.52. The second-order valence-corrected chi connectivity index (χ2v) is 3.22. The van der Waals surface area contributed by atoms with Crippen molar-refractivity contribution in [2.75, 3.05) is 0 Å². The molecule has 62 valence electrons. The zero-order chi connectivity index (χ0) is 8.58. The number of alkyl halides is 7. The molecule has 10 heavy (non-hydrogen) atoms. The van der Waals surface area contributed by atoms with Gasteiger partial charge in [0, 0.05) is 0 Å². The van der Waals surface area contributed by atoms with E-state index in [1.807, 2.05) is 0 Å². The molecule has 0 radical (unpaired) electrons. The topological polar surface area (TPSA) is 0 Å². The van der Waals surface area contributed by atoms with E-state index < -0.39 is 15.8 Å².